The standard InChI is InChI=1S/C9H8Br2O4/c1-14-7-2-5(10)6(11)3-8(7)15-4-9(12)13/h2-3H,4H2,1H3,(H,12,13). The van der Waals surface area contributed by atoms with Crippen LogP contribution >= 0.6 is 31.9 Å². The third-order valence-electron chi connectivity index (χ3n) is 1.56. The summed E-state index contributed by atoms with van der Waals surface area (Å²) in [6.45, 7) is -0.398. The molecule has 0 bridgehead atoms. The van der Waals surface area contributed by atoms with Crippen molar-refractivity contribution in [2.75, 3.05) is 13.7 Å². The fourth-order valence-corrected chi connectivity index (χ4v) is 1.57. The maximum atomic E-state index is 10.3. The van der Waals surface area contributed by atoms with E-state index in [1.165, 1.54) is 7.11 Å². The molecule has 0 saturated carbocycles. The highest BCUT2D eigenvalue weighted by molar-refractivity contribution is 9.13. The van der Waals surface area contributed by atoms with E-state index >= 15 is 0 Å². The normalized spacial score (nSPS) is 9.80. The van der Waals surface area contributed by atoms with Gasteiger partial charge < -0.3 is 14.6 Å². The van der Waals surface area contributed by atoms with Gasteiger partial charge in [0.05, 0.1) is 7.11 Å². The zero-order valence-corrected chi connectivity index (χ0v) is 11.0. The van der Waals surface area contributed by atoms with E-state index in [0.717, 1.165) is 8.95 Å². The zero-order chi connectivity index (χ0) is 11.4. The first-order chi connectivity index (χ1) is 7.04. The molecule has 1 rings (SSSR count). The lowest BCUT2D eigenvalue weighted by Crippen LogP contribution is -2.10. The van der Waals surface area contributed by atoms with Gasteiger partial charge in [-0.15, -0.1) is 0 Å². The van der Waals surface area contributed by atoms with E-state index in [1.54, 1.807) is 12.1 Å². The first-order valence-corrected chi connectivity index (χ1v) is 5.51. The van der Waals surface area contributed by atoms with Crippen LogP contribution in [0.25, 0.3) is 0 Å². The van der Waals surface area contributed by atoms with Crippen LogP contribution in [0.1, 0.15) is 0 Å². The van der Waals surface area contributed by atoms with Crippen LogP contribution in [-0.4, -0.2) is 24.8 Å². The van der Waals surface area contributed by atoms with E-state index < -0.39 is 12.6 Å². The lowest BCUT2D eigenvalue weighted by molar-refractivity contribution is -0.139. The van der Waals surface area contributed by atoms with Crippen molar-refractivity contribution in [3.63, 3.8) is 0 Å². The van der Waals surface area contributed by atoms with Gasteiger partial charge in [0.2, 0.25) is 0 Å². The monoisotopic (exact) mass is 338 g/mol. The number of halogens is 2. The Labute approximate surface area is 103 Å². The van der Waals surface area contributed by atoms with Gasteiger partial charge in [0.1, 0.15) is 0 Å². The maximum Gasteiger partial charge on any atom is 0.341 e. The SMILES string of the molecule is COc1cc(Br)c(Br)cc1OCC(=O)O. The third kappa shape index (κ3) is 3.39. The molecule has 82 valence electrons. The Hall–Kier alpha value is -0.750. The molecule has 0 aliphatic rings. The smallest absolute Gasteiger partial charge is 0.341 e. The Bertz CT molecular complexity index is 379. The second kappa shape index (κ2) is 5.37. The van der Waals surface area contributed by atoms with Crippen LogP contribution in [-0.2, 0) is 4.79 Å². The Morgan fingerprint density at radius 2 is 1.87 bits per heavy atom. The average molecular weight is 340 g/mol. The number of benzene rings is 1. The molecule has 0 heterocycles. The van der Waals surface area contributed by atoms with Gasteiger partial charge >= 0.3 is 5.97 Å². The van der Waals surface area contributed by atoms with E-state index in [9.17, 15) is 4.79 Å². The number of hydrogen-bond donors (Lipinski definition) is 1. The molecule has 0 spiro atoms. The predicted octanol–water partition coefficient (Wildman–Crippen LogP) is 2.68. The molecule has 0 fully saturated rings. The first kappa shape index (κ1) is 12.3. The van der Waals surface area contributed by atoms with Gasteiger partial charge in [-0.3, -0.25) is 0 Å². The van der Waals surface area contributed by atoms with Crippen molar-refractivity contribution in [2.24, 2.45) is 0 Å². The van der Waals surface area contributed by atoms with Crippen LogP contribution in [0.2, 0.25) is 0 Å². The summed E-state index contributed by atoms with van der Waals surface area (Å²) in [5.41, 5.74) is 0. The van der Waals surface area contributed by atoms with Crippen molar-refractivity contribution >= 4 is 37.8 Å². The maximum absolute atomic E-state index is 10.3. The molecule has 0 aliphatic carbocycles. The Kier molecular flexibility index (Phi) is 4.41. The lowest BCUT2D eigenvalue weighted by atomic mass is 10.3. The van der Waals surface area contributed by atoms with Crippen molar-refractivity contribution in [3.05, 3.63) is 21.1 Å². The van der Waals surface area contributed by atoms with E-state index in [2.05, 4.69) is 31.9 Å². The van der Waals surface area contributed by atoms with Crippen LogP contribution in [0, 0.1) is 0 Å². The van der Waals surface area contributed by atoms with Crippen molar-refractivity contribution in [1.29, 1.82) is 0 Å². The molecule has 1 aromatic carbocycles. The molecule has 1 aromatic rings. The molecule has 0 saturated heterocycles. The molecule has 6 heteroatoms. The van der Waals surface area contributed by atoms with Crippen molar-refractivity contribution < 1.29 is 19.4 Å². The highest BCUT2D eigenvalue weighted by Gasteiger charge is 2.09. The summed E-state index contributed by atoms with van der Waals surface area (Å²) in [7, 11) is 1.49. The number of aliphatic carboxylic acids is 1. The first-order valence-electron chi connectivity index (χ1n) is 3.92. The van der Waals surface area contributed by atoms with Gasteiger partial charge in [-0.05, 0) is 44.0 Å². The summed E-state index contributed by atoms with van der Waals surface area (Å²) < 4.78 is 11.7. The summed E-state index contributed by atoms with van der Waals surface area (Å²) in [5.74, 6) is -0.169. The predicted molar refractivity (Wildman–Crippen MR) is 61.5 cm³/mol. The van der Waals surface area contributed by atoms with Crippen LogP contribution in [0.4, 0.5) is 0 Å². The fraction of sp³-hybridized carbons (Fsp3) is 0.222. The summed E-state index contributed by atoms with van der Waals surface area (Å²) in [6, 6.07) is 3.34. The van der Waals surface area contributed by atoms with Crippen molar-refractivity contribution in [3.8, 4) is 11.5 Å². The van der Waals surface area contributed by atoms with E-state index in [-0.39, 0.29) is 0 Å². The lowest BCUT2D eigenvalue weighted by Gasteiger charge is -2.10. The summed E-state index contributed by atoms with van der Waals surface area (Å²) >= 11 is 6.59. The van der Waals surface area contributed by atoms with Gasteiger partial charge in [-0.1, -0.05) is 0 Å². The molecule has 0 aromatic heterocycles. The number of methoxy groups -OCH3 is 1. The van der Waals surface area contributed by atoms with Crippen LogP contribution in [0.3, 0.4) is 0 Å². The van der Waals surface area contributed by atoms with Crippen molar-refractivity contribution in [2.45, 2.75) is 0 Å². The molecule has 0 radical (unpaired) electrons. The largest absolute Gasteiger partial charge is 0.493 e. The second-order valence-corrected chi connectivity index (χ2v) is 4.31. The number of carboxylic acids is 1. The number of hydrogen-bond acceptors (Lipinski definition) is 3. The molecule has 0 unspecified atom stereocenters. The molecule has 0 aliphatic heterocycles. The summed E-state index contributed by atoms with van der Waals surface area (Å²) in [6.07, 6.45) is 0. The highest BCUT2D eigenvalue weighted by Crippen LogP contribution is 2.36. The van der Waals surface area contributed by atoms with Crippen LogP contribution in [0.15, 0.2) is 21.1 Å². The minimum Gasteiger partial charge on any atom is -0.493 e. The molecule has 0 amide bonds. The zero-order valence-electron chi connectivity index (χ0n) is 7.79. The molecular formula is C9H8Br2O4. The molecule has 0 atom stereocenters. The minimum atomic E-state index is -1.03. The van der Waals surface area contributed by atoms with E-state index in [1.807, 2.05) is 0 Å². The molecular weight excluding hydrogens is 332 g/mol. The van der Waals surface area contributed by atoms with E-state index in [0.29, 0.717) is 11.5 Å². The summed E-state index contributed by atoms with van der Waals surface area (Å²) in [4.78, 5) is 10.3. The van der Waals surface area contributed by atoms with Crippen molar-refractivity contribution in [1.82, 2.24) is 0 Å². The number of carboxylic acid groups (broad SMARTS) is 1. The van der Waals surface area contributed by atoms with Gasteiger partial charge in [-0.25, -0.2) is 4.79 Å². The van der Waals surface area contributed by atoms with E-state index in [4.69, 9.17) is 14.6 Å². The quantitative estimate of drug-likeness (QED) is 0.916. The minimum absolute atomic E-state index is 0.384. The van der Waals surface area contributed by atoms with Crippen LogP contribution in [0.5, 0.6) is 11.5 Å². The molecule has 15 heavy (non-hydrogen) atoms. The average Bonchev–Trinajstić information content (AvgIpc) is 2.19. The molecule has 1 N–H and O–H groups in total. The highest BCUT2D eigenvalue weighted by atomic mass is 79.9. The third-order valence-corrected chi connectivity index (χ3v) is 3.40. The van der Waals surface area contributed by atoms with Gasteiger partial charge in [0.15, 0.2) is 18.1 Å². The van der Waals surface area contributed by atoms with Crippen LogP contribution < -0.4 is 9.47 Å². The summed E-state index contributed by atoms with van der Waals surface area (Å²) in [5, 5.41) is 8.48. The van der Waals surface area contributed by atoms with Gasteiger partial charge in [-0.2, -0.15) is 0 Å². The van der Waals surface area contributed by atoms with Gasteiger partial charge in [0.25, 0.3) is 0 Å². The van der Waals surface area contributed by atoms with Gasteiger partial charge in [0, 0.05) is 8.95 Å². The molecule has 4 nitrogen and oxygen atoms in total. The Morgan fingerprint density at radius 3 is 2.33 bits per heavy atom. The second-order valence-electron chi connectivity index (χ2n) is 2.60. The number of rotatable bonds is 4. The number of ether oxygens (including phenoxy) is 2. The fourth-order valence-electron chi connectivity index (χ4n) is 0.922. The topological polar surface area (TPSA) is 55.8 Å². The Balaban J connectivity index is 2.94. The Morgan fingerprint density at radius 1 is 1.33 bits per heavy atom. The number of carbonyl (C=O) groups is 1.